The Balaban J connectivity index is 3.06. The second kappa shape index (κ2) is 5.87. The predicted octanol–water partition coefficient (Wildman–Crippen LogP) is 2.10. The Morgan fingerprint density at radius 2 is 1.89 bits per heavy atom. The molecule has 106 valence electrons. The van der Waals surface area contributed by atoms with E-state index >= 15 is 0 Å². The van der Waals surface area contributed by atoms with Gasteiger partial charge in [-0.25, -0.2) is 0 Å². The lowest BCUT2D eigenvalue weighted by atomic mass is 10.1. The third kappa shape index (κ3) is 3.57. The van der Waals surface area contributed by atoms with Gasteiger partial charge in [-0.15, -0.1) is 0 Å². The van der Waals surface area contributed by atoms with E-state index in [1.165, 1.54) is 18.2 Å². The van der Waals surface area contributed by atoms with Gasteiger partial charge in [-0.2, -0.15) is 17.6 Å². The summed E-state index contributed by atoms with van der Waals surface area (Å²) >= 11 is 0. The van der Waals surface area contributed by atoms with Crippen LogP contribution < -0.4 is 10.5 Å². The fourth-order valence-corrected chi connectivity index (χ4v) is 1.28. The lowest BCUT2D eigenvalue weighted by Gasteiger charge is -2.20. The molecule has 0 aliphatic carbocycles. The van der Waals surface area contributed by atoms with E-state index in [1.54, 1.807) is 0 Å². The average molecular weight is 281 g/mol. The maximum absolute atomic E-state index is 12.8. The van der Waals surface area contributed by atoms with Crippen LogP contribution in [0.5, 0.6) is 5.75 Å². The van der Waals surface area contributed by atoms with Gasteiger partial charge in [0, 0.05) is 5.56 Å². The quantitative estimate of drug-likeness (QED) is 0.663. The molecule has 1 rings (SSSR count). The Labute approximate surface area is 106 Å². The summed E-state index contributed by atoms with van der Waals surface area (Å²) in [6, 6.07) is 3.48. The summed E-state index contributed by atoms with van der Waals surface area (Å²) in [5, 5.41) is 0. The minimum atomic E-state index is -4.67. The lowest BCUT2D eigenvalue weighted by molar-refractivity contribution is -0.253. The molecule has 0 spiro atoms. The molecule has 0 aromatic heterocycles. The van der Waals surface area contributed by atoms with Gasteiger partial charge >= 0.3 is 18.5 Å². The van der Waals surface area contributed by atoms with Gasteiger partial charge in [-0.3, -0.25) is 4.79 Å². The molecule has 8 heteroatoms. The van der Waals surface area contributed by atoms with Gasteiger partial charge in [-0.05, 0) is 6.07 Å². The first-order valence-electron chi connectivity index (χ1n) is 5.07. The third-order valence-electron chi connectivity index (χ3n) is 2.21. The smallest absolute Gasteiger partial charge is 0.461 e. The molecule has 0 fully saturated rings. The standard InChI is InChI=1S/C11H11F4NO3/c1-18-9(17)8(16)6-4-2-3-5-7(6)19-11(14,15)10(12)13/h2-5,8,10H,16H2,1H3/t8-/m0/s1. The molecule has 0 bridgehead atoms. The van der Waals surface area contributed by atoms with Crippen molar-refractivity contribution >= 4 is 5.97 Å². The summed E-state index contributed by atoms with van der Waals surface area (Å²) in [4.78, 5) is 11.2. The zero-order chi connectivity index (χ0) is 14.6. The molecule has 0 amide bonds. The summed E-state index contributed by atoms with van der Waals surface area (Å²) in [7, 11) is 1.05. The van der Waals surface area contributed by atoms with Crippen molar-refractivity contribution in [2.75, 3.05) is 7.11 Å². The molecule has 0 unspecified atom stereocenters. The Kier molecular flexibility index (Phi) is 4.71. The van der Waals surface area contributed by atoms with E-state index in [4.69, 9.17) is 5.73 Å². The minimum absolute atomic E-state index is 0.172. The highest BCUT2D eigenvalue weighted by Crippen LogP contribution is 2.32. The normalized spacial score (nSPS) is 13.2. The minimum Gasteiger partial charge on any atom is -0.468 e. The first kappa shape index (κ1) is 15.2. The number of nitrogens with two attached hydrogens (primary N) is 1. The molecular weight excluding hydrogens is 270 g/mol. The molecule has 0 heterocycles. The van der Waals surface area contributed by atoms with Gasteiger partial charge in [0.1, 0.15) is 11.8 Å². The van der Waals surface area contributed by atoms with Crippen molar-refractivity contribution in [2.24, 2.45) is 5.73 Å². The molecule has 0 aliphatic heterocycles. The highest BCUT2D eigenvalue weighted by atomic mass is 19.3. The predicted molar refractivity (Wildman–Crippen MR) is 57.0 cm³/mol. The van der Waals surface area contributed by atoms with Crippen LogP contribution in [0.2, 0.25) is 0 Å². The first-order valence-corrected chi connectivity index (χ1v) is 5.07. The zero-order valence-corrected chi connectivity index (χ0v) is 9.78. The van der Waals surface area contributed by atoms with E-state index < -0.39 is 30.3 Å². The van der Waals surface area contributed by atoms with E-state index in [0.29, 0.717) is 0 Å². The molecule has 1 aromatic rings. The lowest BCUT2D eigenvalue weighted by Crippen LogP contribution is -2.34. The Morgan fingerprint density at radius 1 is 1.32 bits per heavy atom. The third-order valence-corrected chi connectivity index (χ3v) is 2.21. The topological polar surface area (TPSA) is 61.5 Å². The van der Waals surface area contributed by atoms with Crippen molar-refractivity contribution in [1.29, 1.82) is 0 Å². The number of rotatable bonds is 5. The Bertz CT molecular complexity index is 453. The van der Waals surface area contributed by atoms with Gasteiger partial charge in [-0.1, -0.05) is 18.2 Å². The van der Waals surface area contributed by atoms with E-state index in [1.807, 2.05) is 0 Å². The van der Waals surface area contributed by atoms with Gasteiger partial charge < -0.3 is 15.2 Å². The SMILES string of the molecule is COC(=O)[C@@H](N)c1ccccc1OC(F)(F)C(F)F. The molecule has 4 nitrogen and oxygen atoms in total. The number of esters is 1. The zero-order valence-electron chi connectivity index (χ0n) is 9.78. The van der Waals surface area contributed by atoms with Gasteiger partial charge in [0.25, 0.3) is 0 Å². The second-order valence-corrected chi connectivity index (χ2v) is 3.50. The van der Waals surface area contributed by atoms with Crippen molar-refractivity contribution < 1.29 is 31.8 Å². The van der Waals surface area contributed by atoms with Crippen LogP contribution in [0.3, 0.4) is 0 Å². The fourth-order valence-electron chi connectivity index (χ4n) is 1.28. The monoisotopic (exact) mass is 281 g/mol. The Hall–Kier alpha value is -1.83. The average Bonchev–Trinajstić information content (AvgIpc) is 2.37. The number of para-hydroxylation sites is 1. The largest absolute Gasteiger partial charge is 0.468 e. The summed E-state index contributed by atoms with van der Waals surface area (Å²) in [5.41, 5.74) is 5.29. The van der Waals surface area contributed by atoms with Gasteiger partial charge in [0.2, 0.25) is 0 Å². The number of carbonyl (C=O) groups is 1. The van der Waals surface area contributed by atoms with E-state index in [-0.39, 0.29) is 5.56 Å². The molecule has 1 aromatic carbocycles. The molecule has 0 aliphatic rings. The van der Waals surface area contributed by atoms with E-state index in [0.717, 1.165) is 13.2 Å². The maximum atomic E-state index is 12.8. The maximum Gasteiger partial charge on any atom is 0.461 e. The van der Waals surface area contributed by atoms with Crippen molar-refractivity contribution in [1.82, 2.24) is 0 Å². The van der Waals surface area contributed by atoms with Crippen molar-refractivity contribution in [2.45, 2.75) is 18.6 Å². The van der Waals surface area contributed by atoms with Crippen LogP contribution in [0, 0.1) is 0 Å². The number of methoxy groups -OCH3 is 1. The summed E-state index contributed by atoms with van der Waals surface area (Å²) in [5.74, 6) is -1.51. The number of hydrogen-bond acceptors (Lipinski definition) is 4. The number of benzene rings is 1. The summed E-state index contributed by atoms with van der Waals surface area (Å²) < 4.78 is 58.1. The molecular formula is C11H11F4NO3. The highest BCUT2D eigenvalue weighted by molar-refractivity contribution is 5.78. The first-order chi connectivity index (χ1) is 8.79. The molecule has 0 saturated heterocycles. The fraction of sp³-hybridized carbons (Fsp3) is 0.364. The van der Waals surface area contributed by atoms with Crippen molar-refractivity contribution in [3.05, 3.63) is 29.8 Å². The number of ether oxygens (including phenoxy) is 2. The van der Waals surface area contributed by atoms with Crippen LogP contribution in [-0.4, -0.2) is 25.6 Å². The van der Waals surface area contributed by atoms with Crippen molar-refractivity contribution in [3.8, 4) is 5.75 Å². The number of alkyl halides is 4. The van der Waals surface area contributed by atoms with E-state index in [2.05, 4.69) is 9.47 Å². The highest BCUT2D eigenvalue weighted by Gasteiger charge is 2.44. The van der Waals surface area contributed by atoms with Crippen LogP contribution in [0.25, 0.3) is 0 Å². The number of hydrogen-bond donors (Lipinski definition) is 1. The molecule has 0 saturated carbocycles. The van der Waals surface area contributed by atoms with Gasteiger partial charge in [0.15, 0.2) is 0 Å². The molecule has 0 radical (unpaired) electrons. The van der Waals surface area contributed by atoms with E-state index in [9.17, 15) is 22.4 Å². The molecule has 19 heavy (non-hydrogen) atoms. The Morgan fingerprint density at radius 3 is 2.42 bits per heavy atom. The van der Waals surface area contributed by atoms with Crippen LogP contribution in [0.15, 0.2) is 24.3 Å². The van der Waals surface area contributed by atoms with Crippen LogP contribution in [0.4, 0.5) is 17.6 Å². The number of carbonyl (C=O) groups excluding carboxylic acids is 1. The van der Waals surface area contributed by atoms with Crippen LogP contribution >= 0.6 is 0 Å². The van der Waals surface area contributed by atoms with Crippen molar-refractivity contribution in [3.63, 3.8) is 0 Å². The second-order valence-electron chi connectivity index (χ2n) is 3.50. The van der Waals surface area contributed by atoms with Crippen LogP contribution in [-0.2, 0) is 9.53 Å². The summed E-state index contributed by atoms with van der Waals surface area (Å²) in [6.45, 7) is 0. The van der Waals surface area contributed by atoms with Crippen LogP contribution in [0.1, 0.15) is 11.6 Å². The number of halogens is 4. The molecule has 2 N–H and O–H groups in total. The summed E-state index contributed by atoms with van der Waals surface area (Å²) in [6.07, 6.45) is -8.68. The molecule has 1 atom stereocenters. The van der Waals surface area contributed by atoms with Gasteiger partial charge in [0.05, 0.1) is 7.11 Å².